The summed E-state index contributed by atoms with van der Waals surface area (Å²) < 4.78 is 10.6. The first kappa shape index (κ1) is 25.2. The number of nitrogens with one attached hydrogen (secondary N) is 2. The standard InChI is InChI=1S/C26H33N3O5/c1-17(2)16-22(25(32)27-21-14-15-33-26(21)34-18(3)30)28-24(31)20-12-8-9-13-23(20)29(4)19-10-6-5-7-11-19/h5-13,17,21-22,26H,14-16H2,1-4H3,(H,27,32)(H,28,31)/t21?,22-,26-/m0/s1. The van der Waals surface area contributed by atoms with Crippen molar-refractivity contribution in [1.82, 2.24) is 10.6 Å². The van der Waals surface area contributed by atoms with Crippen molar-refractivity contribution in [2.24, 2.45) is 5.92 Å². The molecule has 0 saturated carbocycles. The average molecular weight is 468 g/mol. The minimum atomic E-state index is -0.822. The van der Waals surface area contributed by atoms with Crippen LogP contribution in [0.25, 0.3) is 0 Å². The molecule has 1 aliphatic rings. The van der Waals surface area contributed by atoms with Crippen LogP contribution in [0.15, 0.2) is 54.6 Å². The third kappa shape index (κ3) is 6.57. The predicted molar refractivity (Wildman–Crippen MR) is 130 cm³/mol. The van der Waals surface area contributed by atoms with E-state index in [0.717, 1.165) is 11.4 Å². The minimum absolute atomic E-state index is 0.169. The van der Waals surface area contributed by atoms with Crippen molar-refractivity contribution < 1.29 is 23.9 Å². The van der Waals surface area contributed by atoms with Crippen molar-refractivity contribution >= 4 is 29.2 Å². The normalized spacial score (nSPS) is 18.3. The molecule has 1 aliphatic heterocycles. The summed E-state index contributed by atoms with van der Waals surface area (Å²) >= 11 is 0. The van der Waals surface area contributed by atoms with Gasteiger partial charge in [0, 0.05) is 19.7 Å². The molecule has 0 bridgehead atoms. The highest BCUT2D eigenvalue weighted by Gasteiger charge is 2.34. The lowest BCUT2D eigenvalue weighted by Gasteiger charge is -2.26. The Morgan fingerprint density at radius 2 is 1.76 bits per heavy atom. The monoisotopic (exact) mass is 467 g/mol. The molecule has 34 heavy (non-hydrogen) atoms. The van der Waals surface area contributed by atoms with E-state index in [1.807, 2.05) is 68.3 Å². The molecule has 8 nitrogen and oxygen atoms in total. The number of hydrogen-bond donors (Lipinski definition) is 2. The second-order valence-corrected chi connectivity index (χ2v) is 8.82. The zero-order valence-corrected chi connectivity index (χ0v) is 20.1. The summed E-state index contributed by atoms with van der Waals surface area (Å²) in [6, 6.07) is 15.8. The molecule has 0 aliphatic carbocycles. The second kappa shape index (κ2) is 11.7. The molecule has 1 saturated heterocycles. The molecule has 2 N–H and O–H groups in total. The molecular formula is C26H33N3O5. The summed E-state index contributed by atoms with van der Waals surface area (Å²) in [7, 11) is 1.90. The number of anilines is 2. The number of para-hydroxylation sites is 2. The van der Waals surface area contributed by atoms with Crippen LogP contribution >= 0.6 is 0 Å². The Morgan fingerprint density at radius 1 is 1.09 bits per heavy atom. The number of carbonyl (C=O) groups excluding carboxylic acids is 3. The van der Waals surface area contributed by atoms with Gasteiger partial charge in [-0.3, -0.25) is 14.4 Å². The highest BCUT2D eigenvalue weighted by atomic mass is 16.7. The van der Waals surface area contributed by atoms with Gasteiger partial charge in [0.05, 0.1) is 23.9 Å². The minimum Gasteiger partial charge on any atom is -0.434 e. The summed E-state index contributed by atoms with van der Waals surface area (Å²) in [5.41, 5.74) is 2.14. The van der Waals surface area contributed by atoms with Gasteiger partial charge in [0.2, 0.25) is 12.2 Å². The van der Waals surface area contributed by atoms with Gasteiger partial charge < -0.3 is 25.0 Å². The maximum atomic E-state index is 13.3. The Morgan fingerprint density at radius 3 is 2.44 bits per heavy atom. The van der Waals surface area contributed by atoms with Crippen LogP contribution in [0.4, 0.5) is 11.4 Å². The molecule has 3 rings (SSSR count). The first-order valence-corrected chi connectivity index (χ1v) is 11.5. The summed E-state index contributed by atoms with van der Waals surface area (Å²) in [6.45, 7) is 5.66. The largest absolute Gasteiger partial charge is 0.434 e. The van der Waals surface area contributed by atoms with Gasteiger partial charge in [0.25, 0.3) is 5.91 Å². The topological polar surface area (TPSA) is 97.0 Å². The van der Waals surface area contributed by atoms with Gasteiger partial charge in [-0.05, 0) is 43.0 Å². The van der Waals surface area contributed by atoms with Gasteiger partial charge in [-0.25, -0.2) is 0 Å². The molecule has 0 radical (unpaired) electrons. The predicted octanol–water partition coefficient (Wildman–Crippen LogP) is 3.39. The van der Waals surface area contributed by atoms with Gasteiger partial charge in [-0.2, -0.15) is 0 Å². The molecule has 0 aromatic heterocycles. The highest BCUT2D eigenvalue weighted by molar-refractivity contribution is 6.02. The van der Waals surface area contributed by atoms with Gasteiger partial charge in [-0.1, -0.05) is 44.2 Å². The van der Waals surface area contributed by atoms with Crippen LogP contribution in [0.5, 0.6) is 0 Å². The van der Waals surface area contributed by atoms with Gasteiger partial charge in [-0.15, -0.1) is 0 Å². The molecule has 1 unspecified atom stereocenters. The number of benzene rings is 2. The molecular weight excluding hydrogens is 434 g/mol. The molecule has 1 heterocycles. The van der Waals surface area contributed by atoms with Crippen molar-refractivity contribution in [2.75, 3.05) is 18.6 Å². The lowest BCUT2D eigenvalue weighted by Crippen LogP contribution is -2.52. The van der Waals surface area contributed by atoms with E-state index in [0.29, 0.717) is 25.0 Å². The molecule has 2 aromatic rings. The van der Waals surface area contributed by atoms with Crippen molar-refractivity contribution in [3.8, 4) is 0 Å². The lowest BCUT2D eigenvalue weighted by molar-refractivity contribution is -0.170. The first-order chi connectivity index (χ1) is 16.3. The van der Waals surface area contributed by atoms with Crippen LogP contribution < -0.4 is 15.5 Å². The fraction of sp³-hybridized carbons (Fsp3) is 0.423. The summed E-state index contributed by atoms with van der Waals surface area (Å²) in [4.78, 5) is 39.7. The van der Waals surface area contributed by atoms with E-state index in [1.165, 1.54) is 6.92 Å². The number of hydrogen-bond acceptors (Lipinski definition) is 6. The maximum absolute atomic E-state index is 13.3. The molecule has 8 heteroatoms. The second-order valence-electron chi connectivity index (χ2n) is 8.82. The number of nitrogens with zero attached hydrogens (tertiary/aromatic N) is 1. The lowest BCUT2D eigenvalue weighted by atomic mass is 10.0. The van der Waals surface area contributed by atoms with Crippen LogP contribution in [0, 0.1) is 5.92 Å². The number of rotatable bonds is 9. The Labute approximate surface area is 200 Å². The average Bonchev–Trinajstić information content (AvgIpc) is 3.24. The van der Waals surface area contributed by atoms with Crippen molar-refractivity contribution in [1.29, 1.82) is 0 Å². The van der Waals surface area contributed by atoms with Crippen LogP contribution in [0.3, 0.4) is 0 Å². The molecule has 2 amide bonds. The number of carbonyl (C=O) groups is 3. The molecule has 2 aromatic carbocycles. The van der Waals surface area contributed by atoms with Crippen LogP contribution in [-0.2, 0) is 19.1 Å². The highest BCUT2D eigenvalue weighted by Crippen LogP contribution is 2.27. The Balaban J connectivity index is 1.76. The zero-order valence-electron chi connectivity index (χ0n) is 20.1. The Bertz CT molecular complexity index is 995. The fourth-order valence-corrected chi connectivity index (χ4v) is 3.95. The van der Waals surface area contributed by atoms with Crippen LogP contribution in [0.1, 0.15) is 44.0 Å². The summed E-state index contributed by atoms with van der Waals surface area (Å²) in [6.07, 6.45) is 0.161. The Hall–Kier alpha value is -3.39. The van der Waals surface area contributed by atoms with E-state index in [1.54, 1.807) is 12.1 Å². The number of amides is 2. The van der Waals surface area contributed by atoms with Crippen LogP contribution in [0.2, 0.25) is 0 Å². The van der Waals surface area contributed by atoms with Crippen LogP contribution in [-0.4, -0.2) is 49.8 Å². The number of esters is 1. The Kier molecular flexibility index (Phi) is 8.65. The fourth-order valence-electron chi connectivity index (χ4n) is 3.95. The number of ether oxygens (including phenoxy) is 2. The third-order valence-corrected chi connectivity index (χ3v) is 5.63. The van der Waals surface area contributed by atoms with E-state index in [9.17, 15) is 14.4 Å². The van der Waals surface area contributed by atoms with E-state index in [2.05, 4.69) is 10.6 Å². The first-order valence-electron chi connectivity index (χ1n) is 11.5. The molecule has 182 valence electrons. The van der Waals surface area contributed by atoms with Gasteiger partial charge in [0.1, 0.15) is 6.04 Å². The smallest absolute Gasteiger partial charge is 0.305 e. The maximum Gasteiger partial charge on any atom is 0.305 e. The molecule has 3 atom stereocenters. The van der Waals surface area contributed by atoms with Crippen molar-refractivity contribution in [3.63, 3.8) is 0 Å². The quantitative estimate of drug-likeness (QED) is 0.549. The van der Waals surface area contributed by atoms with E-state index < -0.39 is 24.3 Å². The van der Waals surface area contributed by atoms with E-state index in [-0.39, 0.29) is 17.7 Å². The molecule has 0 spiro atoms. The third-order valence-electron chi connectivity index (χ3n) is 5.63. The van der Waals surface area contributed by atoms with Gasteiger partial charge in [0.15, 0.2) is 0 Å². The van der Waals surface area contributed by atoms with E-state index >= 15 is 0 Å². The van der Waals surface area contributed by atoms with Gasteiger partial charge >= 0.3 is 5.97 Å². The summed E-state index contributed by atoms with van der Waals surface area (Å²) in [5, 5.41) is 5.81. The summed E-state index contributed by atoms with van der Waals surface area (Å²) in [5.74, 6) is -0.971. The SMILES string of the molecule is CC(=O)O[C@@H]1OCCC1NC(=O)[C@H](CC(C)C)NC(=O)c1ccccc1N(C)c1ccccc1. The molecule has 1 fully saturated rings. The van der Waals surface area contributed by atoms with Crippen molar-refractivity contribution in [3.05, 3.63) is 60.2 Å². The van der Waals surface area contributed by atoms with E-state index in [4.69, 9.17) is 9.47 Å². The zero-order chi connectivity index (χ0) is 24.7. The van der Waals surface area contributed by atoms with Crippen molar-refractivity contribution in [2.45, 2.75) is 52.0 Å².